The molecule has 20 heavy (non-hydrogen) atoms. The molecular weight excluding hydrogens is 254 g/mol. The van der Waals surface area contributed by atoms with E-state index in [4.69, 9.17) is 9.47 Å². The van der Waals surface area contributed by atoms with Gasteiger partial charge in [-0.25, -0.2) is 0 Å². The number of hydrogen-bond donors (Lipinski definition) is 0. The van der Waals surface area contributed by atoms with E-state index in [1.54, 1.807) is 7.11 Å². The number of methoxy groups -OCH3 is 1. The van der Waals surface area contributed by atoms with Crippen LogP contribution in [-0.4, -0.2) is 50.6 Å². The minimum Gasteiger partial charge on any atom is -0.497 e. The number of ether oxygens (including phenoxy) is 2. The van der Waals surface area contributed by atoms with Gasteiger partial charge in [0.25, 0.3) is 0 Å². The van der Waals surface area contributed by atoms with E-state index in [-0.39, 0.29) is 5.78 Å². The van der Waals surface area contributed by atoms with Crippen molar-refractivity contribution < 1.29 is 14.3 Å². The quantitative estimate of drug-likeness (QED) is 0.774. The largest absolute Gasteiger partial charge is 0.497 e. The van der Waals surface area contributed by atoms with Crippen LogP contribution in [0.4, 0.5) is 0 Å². The molecular formula is C16H23NO3. The van der Waals surface area contributed by atoms with Crippen LogP contribution in [0.1, 0.15) is 35.7 Å². The van der Waals surface area contributed by atoms with Crippen LogP contribution in [0.25, 0.3) is 0 Å². The van der Waals surface area contributed by atoms with Gasteiger partial charge in [0.15, 0.2) is 5.78 Å². The molecule has 1 heterocycles. The third-order valence-corrected chi connectivity index (χ3v) is 3.65. The van der Waals surface area contributed by atoms with Crippen molar-refractivity contribution in [3.8, 4) is 5.75 Å². The molecule has 110 valence electrons. The van der Waals surface area contributed by atoms with Crippen LogP contribution < -0.4 is 4.74 Å². The lowest BCUT2D eigenvalue weighted by molar-refractivity contribution is 0.0371. The molecule has 0 aromatic heterocycles. The summed E-state index contributed by atoms with van der Waals surface area (Å²) in [4.78, 5) is 14.7. The molecule has 0 saturated carbocycles. The summed E-state index contributed by atoms with van der Waals surface area (Å²) in [6.07, 6.45) is 0. The summed E-state index contributed by atoms with van der Waals surface area (Å²) in [6, 6.07) is 5.71. The van der Waals surface area contributed by atoms with Crippen LogP contribution in [0.5, 0.6) is 5.75 Å². The van der Waals surface area contributed by atoms with Crippen LogP contribution in [0, 0.1) is 0 Å². The van der Waals surface area contributed by atoms with E-state index in [0.29, 0.717) is 25.7 Å². The molecule has 0 amide bonds. The summed E-state index contributed by atoms with van der Waals surface area (Å²) in [7, 11) is 1.65. The van der Waals surface area contributed by atoms with Gasteiger partial charge in [-0.1, -0.05) is 13.8 Å². The van der Waals surface area contributed by atoms with Gasteiger partial charge >= 0.3 is 0 Å². The summed E-state index contributed by atoms with van der Waals surface area (Å²) >= 11 is 0. The van der Waals surface area contributed by atoms with Gasteiger partial charge in [-0.3, -0.25) is 9.69 Å². The smallest absolute Gasteiger partial charge is 0.177 e. The monoisotopic (exact) mass is 277 g/mol. The molecule has 1 aliphatic heterocycles. The van der Waals surface area contributed by atoms with Crippen molar-refractivity contribution in [2.75, 3.05) is 40.0 Å². The Hall–Kier alpha value is -1.39. The Bertz CT molecular complexity index is 465. The van der Waals surface area contributed by atoms with E-state index in [2.05, 4.69) is 18.7 Å². The number of rotatable bonds is 5. The van der Waals surface area contributed by atoms with Crippen molar-refractivity contribution in [1.82, 2.24) is 4.90 Å². The highest BCUT2D eigenvalue weighted by atomic mass is 16.5. The molecule has 1 aliphatic rings. The van der Waals surface area contributed by atoms with Crippen molar-refractivity contribution in [1.29, 1.82) is 0 Å². The highest BCUT2D eigenvalue weighted by Gasteiger charge is 2.19. The predicted octanol–water partition coefficient (Wildman–Crippen LogP) is 2.33. The van der Waals surface area contributed by atoms with Crippen LogP contribution in [-0.2, 0) is 4.74 Å². The molecule has 1 aromatic rings. The van der Waals surface area contributed by atoms with E-state index >= 15 is 0 Å². The van der Waals surface area contributed by atoms with Gasteiger partial charge in [0.1, 0.15) is 5.75 Å². The second kappa shape index (κ2) is 6.86. The Labute approximate surface area is 120 Å². The Morgan fingerprint density at radius 3 is 2.65 bits per heavy atom. The van der Waals surface area contributed by atoms with E-state index in [1.165, 1.54) is 0 Å². The summed E-state index contributed by atoms with van der Waals surface area (Å²) in [5.41, 5.74) is 1.87. The number of hydrogen-bond acceptors (Lipinski definition) is 4. The Kier molecular flexibility index (Phi) is 5.15. The first-order valence-corrected chi connectivity index (χ1v) is 7.13. The molecule has 0 spiro atoms. The number of carbonyl (C=O) groups is 1. The predicted molar refractivity (Wildman–Crippen MR) is 78.7 cm³/mol. The molecule has 0 N–H and O–H groups in total. The van der Waals surface area contributed by atoms with Crippen LogP contribution in [0.2, 0.25) is 0 Å². The van der Waals surface area contributed by atoms with Gasteiger partial charge in [-0.05, 0) is 29.7 Å². The van der Waals surface area contributed by atoms with Crippen LogP contribution in [0.3, 0.4) is 0 Å². The SMILES string of the molecule is COc1ccc(C(=O)CN2CCOCC2)c(C(C)C)c1. The summed E-state index contributed by atoms with van der Waals surface area (Å²) in [5.74, 6) is 1.28. The lowest BCUT2D eigenvalue weighted by Crippen LogP contribution is -2.39. The van der Waals surface area contributed by atoms with Crippen LogP contribution in [0.15, 0.2) is 18.2 Å². The maximum absolute atomic E-state index is 12.5. The van der Waals surface area contributed by atoms with Gasteiger partial charge in [-0.15, -0.1) is 0 Å². The molecule has 0 aliphatic carbocycles. The van der Waals surface area contributed by atoms with Gasteiger partial charge in [0, 0.05) is 18.7 Å². The Morgan fingerprint density at radius 2 is 2.05 bits per heavy atom. The molecule has 2 rings (SSSR count). The standard InChI is InChI=1S/C16H23NO3/c1-12(2)15-10-13(19-3)4-5-14(15)16(18)11-17-6-8-20-9-7-17/h4-5,10,12H,6-9,11H2,1-3H3. The Morgan fingerprint density at radius 1 is 1.35 bits per heavy atom. The minimum atomic E-state index is 0.179. The maximum Gasteiger partial charge on any atom is 0.177 e. The maximum atomic E-state index is 12.5. The van der Waals surface area contributed by atoms with Crippen molar-refractivity contribution in [2.24, 2.45) is 0 Å². The van der Waals surface area contributed by atoms with Gasteiger partial charge in [0.2, 0.25) is 0 Å². The Balaban J connectivity index is 2.15. The van der Waals surface area contributed by atoms with Gasteiger partial charge in [0.05, 0.1) is 26.9 Å². The highest BCUT2D eigenvalue weighted by molar-refractivity contribution is 5.99. The summed E-state index contributed by atoms with van der Waals surface area (Å²) in [5, 5.41) is 0. The number of nitrogens with zero attached hydrogens (tertiary/aromatic N) is 1. The van der Waals surface area contributed by atoms with Gasteiger partial charge < -0.3 is 9.47 Å². The normalized spacial score (nSPS) is 16.4. The van der Waals surface area contributed by atoms with Crippen molar-refractivity contribution in [3.63, 3.8) is 0 Å². The lowest BCUT2D eigenvalue weighted by Gasteiger charge is -2.26. The zero-order valence-corrected chi connectivity index (χ0v) is 12.5. The molecule has 4 heteroatoms. The second-order valence-corrected chi connectivity index (χ2v) is 5.42. The summed E-state index contributed by atoms with van der Waals surface area (Å²) < 4.78 is 10.6. The molecule has 4 nitrogen and oxygen atoms in total. The molecule has 1 aromatic carbocycles. The molecule has 1 fully saturated rings. The minimum absolute atomic E-state index is 0.179. The number of benzene rings is 1. The van der Waals surface area contributed by atoms with Crippen molar-refractivity contribution in [2.45, 2.75) is 19.8 Å². The fraction of sp³-hybridized carbons (Fsp3) is 0.562. The molecule has 0 radical (unpaired) electrons. The third-order valence-electron chi connectivity index (χ3n) is 3.65. The van der Waals surface area contributed by atoms with E-state index < -0.39 is 0 Å². The summed E-state index contributed by atoms with van der Waals surface area (Å²) in [6.45, 7) is 7.76. The zero-order valence-electron chi connectivity index (χ0n) is 12.5. The number of carbonyl (C=O) groups excluding carboxylic acids is 1. The number of Topliss-reactive ketones (excluding diaryl/α,β-unsaturated/α-hetero) is 1. The fourth-order valence-corrected chi connectivity index (χ4v) is 2.45. The molecule has 1 saturated heterocycles. The first-order chi connectivity index (χ1) is 9.61. The average molecular weight is 277 g/mol. The highest BCUT2D eigenvalue weighted by Crippen LogP contribution is 2.25. The fourth-order valence-electron chi connectivity index (χ4n) is 2.45. The van der Waals surface area contributed by atoms with Crippen molar-refractivity contribution in [3.05, 3.63) is 29.3 Å². The molecule has 0 atom stereocenters. The molecule has 0 unspecified atom stereocenters. The lowest BCUT2D eigenvalue weighted by atomic mass is 9.94. The average Bonchev–Trinajstić information content (AvgIpc) is 2.47. The van der Waals surface area contributed by atoms with Gasteiger partial charge in [-0.2, -0.15) is 0 Å². The first kappa shape index (κ1) is 15.0. The molecule has 0 bridgehead atoms. The van der Waals surface area contributed by atoms with E-state index in [0.717, 1.165) is 30.0 Å². The number of morpholine rings is 1. The third kappa shape index (κ3) is 3.58. The number of ketones is 1. The van der Waals surface area contributed by atoms with E-state index in [9.17, 15) is 4.79 Å². The topological polar surface area (TPSA) is 38.8 Å². The van der Waals surface area contributed by atoms with Crippen molar-refractivity contribution >= 4 is 5.78 Å². The zero-order chi connectivity index (χ0) is 14.5. The second-order valence-electron chi connectivity index (χ2n) is 5.42. The first-order valence-electron chi connectivity index (χ1n) is 7.13. The van der Waals surface area contributed by atoms with E-state index in [1.807, 2.05) is 18.2 Å². The van der Waals surface area contributed by atoms with Crippen LogP contribution >= 0.6 is 0 Å².